The highest BCUT2D eigenvalue weighted by molar-refractivity contribution is 5.91. The summed E-state index contributed by atoms with van der Waals surface area (Å²) in [6.45, 7) is 7.91. The van der Waals surface area contributed by atoms with Crippen LogP contribution < -0.4 is 15.1 Å². The lowest BCUT2D eigenvalue weighted by atomic mass is 9.76. The van der Waals surface area contributed by atoms with Crippen LogP contribution in [-0.2, 0) is 16.0 Å². The molecule has 2 amide bonds. The highest BCUT2D eigenvalue weighted by atomic mass is 16.5. The van der Waals surface area contributed by atoms with Crippen LogP contribution in [-0.4, -0.2) is 59.5 Å². The topological polar surface area (TPSA) is 89.3 Å². The molecule has 2 bridgehead atoms. The lowest BCUT2D eigenvalue weighted by molar-refractivity contribution is -0.149. The zero-order chi connectivity index (χ0) is 25.2. The van der Waals surface area contributed by atoms with E-state index < -0.39 is 5.63 Å². The Labute approximate surface area is 210 Å². The number of carbonyl (C=O) groups excluding carboxylic acids is 2. The number of hydrogen-bond acceptors (Lipinski definition) is 6. The molecular formula is C28H34N2O6. The Balaban J connectivity index is 1.24. The summed E-state index contributed by atoms with van der Waals surface area (Å²) in [6, 6.07) is 3.56. The normalized spacial score (nSPS) is 26.8. The number of amides is 2. The standard InChI is InChI=1S/C28H34N2O6/c1-16-9-25(33)35-27-19-7-8-28(2,3)36-21(19)11-22(26(16)27)34-15-24(32)29-12-17-10-18(14-29)20-5-4-6-23(31)30(20)13-17/h9,11,17-18,20H,4-8,10,12-15H2,1-3H3/t17-,18+,20?/m1/s1. The average Bonchev–Trinajstić information content (AvgIpc) is 2.81. The Hall–Kier alpha value is -3.03. The number of ether oxygens (including phenoxy) is 2. The van der Waals surface area contributed by atoms with E-state index in [4.69, 9.17) is 13.9 Å². The van der Waals surface area contributed by atoms with E-state index in [0.717, 1.165) is 55.2 Å². The van der Waals surface area contributed by atoms with Crippen LogP contribution in [0.3, 0.4) is 0 Å². The van der Waals surface area contributed by atoms with E-state index in [-0.39, 0.29) is 30.1 Å². The van der Waals surface area contributed by atoms with E-state index in [2.05, 4.69) is 4.90 Å². The van der Waals surface area contributed by atoms with Gasteiger partial charge in [0.25, 0.3) is 5.91 Å². The number of aryl methyl sites for hydroxylation is 2. The molecule has 0 spiro atoms. The van der Waals surface area contributed by atoms with Gasteiger partial charge in [0.2, 0.25) is 5.91 Å². The van der Waals surface area contributed by atoms with Crippen LogP contribution in [0.25, 0.3) is 11.0 Å². The van der Waals surface area contributed by atoms with Crippen LogP contribution in [0.1, 0.15) is 57.1 Å². The number of carbonyl (C=O) groups is 2. The Morgan fingerprint density at radius 1 is 1.17 bits per heavy atom. The molecule has 4 aliphatic heterocycles. The van der Waals surface area contributed by atoms with Gasteiger partial charge in [-0.25, -0.2) is 4.79 Å². The number of hydrogen-bond donors (Lipinski definition) is 0. The molecule has 0 saturated carbocycles. The van der Waals surface area contributed by atoms with Gasteiger partial charge in [-0.3, -0.25) is 9.59 Å². The Morgan fingerprint density at radius 3 is 2.83 bits per heavy atom. The van der Waals surface area contributed by atoms with E-state index in [0.29, 0.717) is 48.4 Å². The van der Waals surface area contributed by atoms with E-state index >= 15 is 0 Å². The summed E-state index contributed by atoms with van der Waals surface area (Å²) >= 11 is 0. The molecule has 0 radical (unpaired) electrons. The molecule has 3 fully saturated rings. The monoisotopic (exact) mass is 494 g/mol. The van der Waals surface area contributed by atoms with Crippen LogP contribution >= 0.6 is 0 Å². The van der Waals surface area contributed by atoms with Crippen molar-refractivity contribution in [2.45, 2.75) is 70.9 Å². The van der Waals surface area contributed by atoms with Crippen molar-refractivity contribution in [2.24, 2.45) is 11.8 Å². The first-order valence-corrected chi connectivity index (χ1v) is 13.2. The molecule has 3 saturated heterocycles. The maximum absolute atomic E-state index is 13.3. The first-order valence-electron chi connectivity index (χ1n) is 13.2. The molecule has 5 heterocycles. The van der Waals surface area contributed by atoms with Gasteiger partial charge in [-0.15, -0.1) is 0 Å². The summed E-state index contributed by atoms with van der Waals surface area (Å²) < 4.78 is 18.0. The highest BCUT2D eigenvalue weighted by Crippen LogP contribution is 2.43. The van der Waals surface area contributed by atoms with Crippen molar-refractivity contribution >= 4 is 22.8 Å². The molecule has 1 aromatic heterocycles. The minimum Gasteiger partial charge on any atom is -0.487 e. The van der Waals surface area contributed by atoms with Crippen molar-refractivity contribution in [3.63, 3.8) is 0 Å². The fraction of sp³-hybridized carbons (Fsp3) is 0.607. The molecular weight excluding hydrogens is 460 g/mol. The second-order valence-electron chi connectivity index (χ2n) is 11.6. The number of likely N-dealkylation sites (tertiary alicyclic amines) is 1. The molecule has 3 atom stereocenters. The van der Waals surface area contributed by atoms with E-state index in [1.165, 1.54) is 6.07 Å². The third kappa shape index (κ3) is 4.04. The minimum absolute atomic E-state index is 0.0533. The van der Waals surface area contributed by atoms with Gasteiger partial charge in [0.05, 0.1) is 5.39 Å². The summed E-state index contributed by atoms with van der Waals surface area (Å²) in [5.41, 5.74) is 1.38. The van der Waals surface area contributed by atoms with E-state index in [1.54, 1.807) is 0 Å². The third-order valence-corrected chi connectivity index (χ3v) is 8.49. The van der Waals surface area contributed by atoms with Gasteiger partial charge in [0, 0.05) is 49.8 Å². The highest BCUT2D eigenvalue weighted by Gasteiger charge is 2.44. The summed E-state index contributed by atoms with van der Waals surface area (Å²) in [5, 5.41) is 0.719. The summed E-state index contributed by atoms with van der Waals surface area (Å²) in [5.74, 6) is 2.02. The Kier molecular flexibility index (Phi) is 5.54. The average molecular weight is 495 g/mol. The number of rotatable bonds is 3. The molecule has 6 rings (SSSR count). The van der Waals surface area contributed by atoms with Crippen LogP contribution in [0, 0.1) is 18.8 Å². The quantitative estimate of drug-likeness (QED) is 0.608. The summed E-state index contributed by atoms with van der Waals surface area (Å²) in [6.07, 6.45) is 5.26. The Bertz CT molecular complexity index is 1300. The van der Waals surface area contributed by atoms with Gasteiger partial charge in [-0.05, 0) is 70.3 Å². The molecule has 0 N–H and O–H groups in total. The van der Waals surface area contributed by atoms with E-state index in [9.17, 15) is 14.4 Å². The molecule has 8 heteroatoms. The second kappa shape index (κ2) is 8.53. The lowest BCUT2D eigenvalue weighted by Gasteiger charge is -2.52. The fourth-order valence-corrected chi connectivity index (χ4v) is 6.78. The van der Waals surface area contributed by atoms with Gasteiger partial charge in [0.15, 0.2) is 6.61 Å². The van der Waals surface area contributed by atoms with Crippen molar-refractivity contribution in [1.29, 1.82) is 0 Å². The van der Waals surface area contributed by atoms with Crippen molar-refractivity contribution in [3.05, 3.63) is 33.7 Å². The zero-order valence-corrected chi connectivity index (χ0v) is 21.3. The SMILES string of the molecule is Cc1cc(=O)oc2c3c(cc(OCC(=O)N4C[C@H]5C[C@@H](C4)C4CCCC(=O)N4C5)c12)OC(C)(C)CC3. The second-order valence-corrected chi connectivity index (χ2v) is 11.6. The minimum atomic E-state index is -0.407. The van der Waals surface area contributed by atoms with Crippen LogP contribution in [0.4, 0.5) is 0 Å². The van der Waals surface area contributed by atoms with Crippen molar-refractivity contribution in [2.75, 3.05) is 26.2 Å². The molecule has 192 valence electrons. The summed E-state index contributed by atoms with van der Waals surface area (Å²) in [7, 11) is 0. The number of fused-ring (bicyclic) bond motifs is 7. The van der Waals surface area contributed by atoms with Gasteiger partial charge < -0.3 is 23.7 Å². The largest absolute Gasteiger partial charge is 0.487 e. The predicted octanol–water partition coefficient (Wildman–Crippen LogP) is 3.44. The molecule has 2 aromatic rings. The van der Waals surface area contributed by atoms with Gasteiger partial charge in [0.1, 0.15) is 22.7 Å². The molecule has 36 heavy (non-hydrogen) atoms. The molecule has 1 aromatic carbocycles. The lowest BCUT2D eigenvalue weighted by Crippen LogP contribution is -2.61. The van der Waals surface area contributed by atoms with E-state index in [1.807, 2.05) is 31.7 Å². The maximum Gasteiger partial charge on any atom is 0.336 e. The van der Waals surface area contributed by atoms with Crippen molar-refractivity contribution in [1.82, 2.24) is 9.80 Å². The molecule has 0 aliphatic carbocycles. The van der Waals surface area contributed by atoms with Crippen LogP contribution in [0.5, 0.6) is 11.5 Å². The number of benzene rings is 1. The maximum atomic E-state index is 13.3. The summed E-state index contributed by atoms with van der Waals surface area (Å²) in [4.78, 5) is 41.9. The first kappa shape index (κ1) is 23.4. The zero-order valence-electron chi connectivity index (χ0n) is 21.3. The molecule has 8 nitrogen and oxygen atoms in total. The van der Waals surface area contributed by atoms with Gasteiger partial charge >= 0.3 is 5.63 Å². The number of piperidine rings is 3. The number of nitrogens with zero attached hydrogens (tertiary/aromatic N) is 2. The first-order chi connectivity index (χ1) is 17.2. The molecule has 1 unspecified atom stereocenters. The van der Waals surface area contributed by atoms with Gasteiger partial charge in [-0.2, -0.15) is 0 Å². The van der Waals surface area contributed by atoms with Gasteiger partial charge in [-0.1, -0.05) is 0 Å². The Morgan fingerprint density at radius 2 is 2.00 bits per heavy atom. The van der Waals surface area contributed by atoms with Crippen molar-refractivity contribution < 1.29 is 23.5 Å². The third-order valence-electron chi connectivity index (χ3n) is 8.49. The van der Waals surface area contributed by atoms with Crippen LogP contribution in [0.15, 0.2) is 21.3 Å². The van der Waals surface area contributed by atoms with Crippen molar-refractivity contribution in [3.8, 4) is 11.5 Å². The fourth-order valence-electron chi connectivity index (χ4n) is 6.78. The predicted molar refractivity (Wildman–Crippen MR) is 133 cm³/mol. The molecule has 4 aliphatic rings. The smallest absolute Gasteiger partial charge is 0.336 e. The van der Waals surface area contributed by atoms with Crippen LogP contribution in [0.2, 0.25) is 0 Å².